The topological polar surface area (TPSA) is 4.93 Å². The Bertz CT molecular complexity index is 682. The summed E-state index contributed by atoms with van der Waals surface area (Å²) < 4.78 is 3.73. The minimum absolute atomic E-state index is 1.09. The van der Waals surface area contributed by atoms with E-state index in [1.54, 1.807) is 0 Å². The van der Waals surface area contributed by atoms with E-state index in [1.165, 1.54) is 31.8 Å². The average Bonchev–Trinajstić information content (AvgIpc) is 2.65. The smallest absolute Gasteiger partial charge is 0.0492 e. The van der Waals surface area contributed by atoms with Gasteiger partial charge in [0.1, 0.15) is 0 Å². The van der Waals surface area contributed by atoms with Crippen LogP contribution in [0.3, 0.4) is 0 Å². The lowest BCUT2D eigenvalue weighted by Crippen LogP contribution is -1.95. The molecule has 0 N–H and O–H groups in total. The summed E-state index contributed by atoms with van der Waals surface area (Å²) in [4.78, 5) is 0. The molecule has 3 aromatic rings. The van der Waals surface area contributed by atoms with Crippen LogP contribution in [0, 0.1) is 3.57 Å². The number of aromatic nitrogens is 1. The van der Waals surface area contributed by atoms with Crippen molar-refractivity contribution in [1.82, 2.24) is 4.57 Å². The Kier molecular flexibility index (Phi) is 2.82. The second-order valence-electron chi connectivity index (χ2n) is 4.33. The Labute approximate surface area is 115 Å². The largest absolute Gasteiger partial charge is 0.340 e. The Morgan fingerprint density at radius 1 is 1.00 bits per heavy atom. The highest BCUT2D eigenvalue weighted by Gasteiger charge is 2.09. The first-order valence-corrected chi connectivity index (χ1v) is 7.05. The fourth-order valence-electron chi connectivity index (χ4n) is 2.49. The van der Waals surface area contributed by atoms with E-state index < -0.39 is 0 Å². The zero-order valence-electron chi connectivity index (χ0n) is 9.78. The predicted octanol–water partition coefficient (Wildman–Crippen LogP) is 4.81. The molecule has 2 heteroatoms. The molecule has 0 radical (unpaired) electrons. The highest BCUT2D eigenvalue weighted by atomic mass is 127. The Balaban J connectivity index is 2.48. The molecular formula is C15H14IN. The van der Waals surface area contributed by atoms with Crippen LogP contribution in [0.5, 0.6) is 0 Å². The minimum Gasteiger partial charge on any atom is -0.340 e. The number of nitrogens with zero attached hydrogens (tertiary/aromatic N) is 1. The van der Waals surface area contributed by atoms with Gasteiger partial charge in [-0.05, 0) is 53.3 Å². The van der Waals surface area contributed by atoms with Gasteiger partial charge in [-0.3, -0.25) is 0 Å². The molecule has 0 saturated carbocycles. The molecular weight excluding hydrogens is 321 g/mol. The quantitative estimate of drug-likeness (QED) is 0.593. The third-order valence-electron chi connectivity index (χ3n) is 3.18. The highest BCUT2D eigenvalue weighted by molar-refractivity contribution is 14.1. The second-order valence-corrected chi connectivity index (χ2v) is 5.58. The molecule has 0 atom stereocenters. The van der Waals surface area contributed by atoms with Gasteiger partial charge in [-0.1, -0.05) is 25.1 Å². The van der Waals surface area contributed by atoms with Crippen molar-refractivity contribution in [2.75, 3.05) is 0 Å². The van der Waals surface area contributed by atoms with E-state index in [-0.39, 0.29) is 0 Å². The Hall–Kier alpha value is -1.03. The van der Waals surface area contributed by atoms with Gasteiger partial charge in [0.25, 0.3) is 0 Å². The third kappa shape index (κ3) is 1.75. The monoisotopic (exact) mass is 335 g/mol. The average molecular weight is 335 g/mol. The maximum Gasteiger partial charge on any atom is 0.0492 e. The minimum atomic E-state index is 1.09. The first-order valence-electron chi connectivity index (χ1n) is 5.97. The maximum absolute atomic E-state index is 2.43. The molecule has 86 valence electrons. The van der Waals surface area contributed by atoms with Crippen LogP contribution in [-0.2, 0) is 6.54 Å². The van der Waals surface area contributed by atoms with Gasteiger partial charge in [0.05, 0.1) is 0 Å². The fourth-order valence-corrected chi connectivity index (χ4v) is 2.98. The molecule has 0 unspecified atom stereocenters. The van der Waals surface area contributed by atoms with Crippen LogP contribution in [0.2, 0.25) is 0 Å². The van der Waals surface area contributed by atoms with E-state index in [9.17, 15) is 0 Å². The molecule has 0 fully saturated rings. The van der Waals surface area contributed by atoms with Gasteiger partial charge in [-0.15, -0.1) is 0 Å². The van der Waals surface area contributed by atoms with E-state index >= 15 is 0 Å². The molecule has 2 aromatic carbocycles. The predicted molar refractivity (Wildman–Crippen MR) is 82.5 cm³/mol. The van der Waals surface area contributed by atoms with Gasteiger partial charge in [0, 0.05) is 31.9 Å². The first-order chi connectivity index (χ1) is 8.31. The molecule has 3 rings (SSSR count). The van der Waals surface area contributed by atoms with Crippen LogP contribution in [0.1, 0.15) is 13.3 Å². The number of aryl methyl sites for hydroxylation is 1. The second kappa shape index (κ2) is 4.33. The summed E-state index contributed by atoms with van der Waals surface area (Å²) in [5.41, 5.74) is 2.71. The van der Waals surface area contributed by atoms with Gasteiger partial charge in [-0.25, -0.2) is 0 Å². The summed E-state index contributed by atoms with van der Waals surface area (Å²) in [6.45, 7) is 3.32. The van der Waals surface area contributed by atoms with Gasteiger partial charge >= 0.3 is 0 Å². The number of hydrogen-bond acceptors (Lipinski definition) is 0. The van der Waals surface area contributed by atoms with Crippen LogP contribution in [0.4, 0.5) is 0 Å². The van der Waals surface area contributed by atoms with E-state index in [0.717, 1.165) is 6.54 Å². The molecule has 0 bridgehead atoms. The van der Waals surface area contributed by atoms with E-state index in [0.29, 0.717) is 0 Å². The number of para-hydroxylation sites is 1. The van der Waals surface area contributed by atoms with Crippen LogP contribution in [0.15, 0.2) is 42.5 Å². The highest BCUT2D eigenvalue weighted by Crippen LogP contribution is 2.30. The summed E-state index contributed by atoms with van der Waals surface area (Å²) in [5.74, 6) is 0. The molecule has 0 aliphatic rings. The SMILES string of the molecule is CCCn1c2ccccc2c2cc(I)ccc21. The lowest BCUT2D eigenvalue weighted by molar-refractivity contribution is 0.724. The molecule has 17 heavy (non-hydrogen) atoms. The Morgan fingerprint density at radius 3 is 2.59 bits per heavy atom. The number of benzene rings is 2. The van der Waals surface area contributed by atoms with Crippen molar-refractivity contribution in [3.8, 4) is 0 Å². The molecule has 1 aromatic heterocycles. The van der Waals surface area contributed by atoms with Crippen molar-refractivity contribution in [1.29, 1.82) is 0 Å². The lowest BCUT2D eigenvalue weighted by atomic mass is 10.2. The van der Waals surface area contributed by atoms with Crippen molar-refractivity contribution < 1.29 is 0 Å². The van der Waals surface area contributed by atoms with Crippen molar-refractivity contribution in [3.05, 3.63) is 46.0 Å². The number of rotatable bonds is 2. The van der Waals surface area contributed by atoms with Gasteiger partial charge < -0.3 is 4.57 Å². The molecule has 0 spiro atoms. The van der Waals surface area contributed by atoms with E-state index in [1.807, 2.05) is 0 Å². The summed E-state index contributed by atoms with van der Waals surface area (Å²) in [5, 5.41) is 2.75. The molecule has 1 nitrogen and oxygen atoms in total. The van der Waals surface area contributed by atoms with E-state index in [2.05, 4.69) is 76.5 Å². The molecule has 1 heterocycles. The van der Waals surface area contributed by atoms with Crippen molar-refractivity contribution in [3.63, 3.8) is 0 Å². The normalized spacial score (nSPS) is 11.4. The third-order valence-corrected chi connectivity index (χ3v) is 3.85. The van der Waals surface area contributed by atoms with Crippen LogP contribution >= 0.6 is 22.6 Å². The fraction of sp³-hybridized carbons (Fsp3) is 0.200. The summed E-state index contributed by atoms with van der Waals surface area (Å²) in [6, 6.07) is 15.4. The van der Waals surface area contributed by atoms with Crippen molar-refractivity contribution >= 4 is 44.4 Å². The Morgan fingerprint density at radius 2 is 1.76 bits per heavy atom. The molecule has 0 amide bonds. The number of hydrogen-bond donors (Lipinski definition) is 0. The van der Waals surface area contributed by atoms with Crippen LogP contribution < -0.4 is 0 Å². The first kappa shape index (κ1) is 11.1. The zero-order chi connectivity index (χ0) is 11.8. The van der Waals surface area contributed by atoms with Gasteiger partial charge in [0.2, 0.25) is 0 Å². The number of halogens is 1. The zero-order valence-corrected chi connectivity index (χ0v) is 11.9. The lowest BCUT2D eigenvalue weighted by Gasteiger charge is -2.04. The molecule has 0 aliphatic heterocycles. The van der Waals surface area contributed by atoms with E-state index in [4.69, 9.17) is 0 Å². The summed E-state index contributed by atoms with van der Waals surface area (Å²) >= 11 is 2.38. The maximum atomic E-state index is 2.43. The molecule has 0 aliphatic carbocycles. The number of fused-ring (bicyclic) bond motifs is 3. The van der Waals surface area contributed by atoms with Crippen molar-refractivity contribution in [2.24, 2.45) is 0 Å². The van der Waals surface area contributed by atoms with Crippen LogP contribution in [0.25, 0.3) is 21.8 Å². The van der Waals surface area contributed by atoms with Gasteiger partial charge in [0.15, 0.2) is 0 Å². The van der Waals surface area contributed by atoms with Gasteiger partial charge in [-0.2, -0.15) is 0 Å². The standard InChI is InChI=1S/C15H14IN/c1-2-9-17-14-6-4-3-5-12(14)13-10-11(16)7-8-15(13)17/h3-8,10H,2,9H2,1H3. The van der Waals surface area contributed by atoms with Crippen molar-refractivity contribution in [2.45, 2.75) is 19.9 Å². The summed E-state index contributed by atoms with van der Waals surface area (Å²) in [6.07, 6.45) is 1.17. The molecule has 0 saturated heterocycles. The van der Waals surface area contributed by atoms with Crippen LogP contribution in [-0.4, -0.2) is 4.57 Å². The summed E-state index contributed by atoms with van der Waals surface area (Å²) in [7, 11) is 0.